The van der Waals surface area contributed by atoms with Crippen molar-refractivity contribution in [2.45, 2.75) is 18.6 Å². The number of rotatable bonds is 4. The average molecular weight is 379 g/mol. The van der Waals surface area contributed by atoms with E-state index in [1.165, 1.54) is 6.07 Å². The molecule has 0 amide bonds. The van der Waals surface area contributed by atoms with Crippen LogP contribution in [0, 0.1) is 0 Å². The molecule has 0 heterocycles. The van der Waals surface area contributed by atoms with Gasteiger partial charge in [0, 0.05) is 22.6 Å². The van der Waals surface area contributed by atoms with Crippen LogP contribution in [0.15, 0.2) is 46.9 Å². The minimum Gasteiger partial charge on any atom is -0.380 e. The van der Waals surface area contributed by atoms with Crippen molar-refractivity contribution in [2.75, 3.05) is 5.32 Å². The molecule has 2 aromatic rings. The van der Waals surface area contributed by atoms with Crippen LogP contribution in [-0.2, 0) is 18.6 Å². The topological polar surface area (TPSA) is 12.0 Å². The highest BCUT2D eigenvalue weighted by atomic mass is 79.9. The van der Waals surface area contributed by atoms with Crippen molar-refractivity contribution in [1.82, 2.24) is 0 Å². The van der Waals surface area contributed by atoms with E-state index in [9.17, 15) is 13.2 Å². The maximum Gasteiger partial charge on any atom is 0.416 e. The molecule has 0 unspecified atom stereocenters. The Morgan fingerprint density at radius 1 is 1.05 bits per heavy atom. The highest BCUT2D eigenvalue weighted by molar-refractivity contribution is 9.10. The van der Waals surface area contributed by atoms with Crippen LogP contribution in [0.5, 0.6) is 0 Å². The predicted octanol–water partition coefficient (Wildman–Crippen LogP) is 5.82. The summed E-state index contributed by atoms with van der Waals surface area (Å²) in [5, 5.41) is 3.10. The molecule has 112 valence electrons. The minimum atomic E-state index is -4.34. The number of hydrogen-bond donors (Lipinski definition) is 1. The normalized spacial score (nSPS) is 11.5. The Kier molecular flexibility index (Phi) is 5.17. The smallest absolute Gasteiger partial charge is 0.380 e. The molecule has 2 aromatic carbocycles. The molecule has 0 spiro atoms. The van der Waals surface area contributed by atoms with Crippen molar-refractivity contribution in [3.63, 3.8) is 0 Å². The first-order chi connectivity index (χ1) is 9.90. The fraction of sp³-hybridized carbons (Fsp3) is 0.200. The molecule has 0 saturated carbocycles. The van der Waals surface area contributed by atoms with E-state index in [-0.39, 0.29) is 0 Å². The standard InChI is InChI=1S/C15H12BrClF3N/c16-13-7-12(15(18,19)20)4-5-14(13)21-9-11-3-1-2-10(6-11)8-17/h1-7,21H,8-9H2. The number of anilines is 1. The van der Waals surface area contributed by atoms with Crippen LogP contribution in [0.3, 0.4) is 0 Å². The van der Waals surface area contributed by atoms with Gasteiger partial charge in [-0.15, -0.1) is 11.6 Å². The summed E-state index contributed by atoms with van der Waals surface area (Å²) in [7, 11) is 0. The lowest BCUT2D eigenvalue weighted by Gasteiger charge is -2.12. The summed E-state index contributed by atoms with van der Waals surface area (Å²) in [4.78, 5) is 0. The van der Waals surface area contributed by atoms with Gasteiger partial charge in [0.2, 0.25) is 0 Å². The van der Waals surface area contributed by atoms with Crippen molar-refractivity contribution in [1.29, 1.82) is 0 Å². The predicted molar refractivity (Wildman–Crippen MR) is 82.5 cm³/mol. The summed E-state index contributed by atoms with van der Waals surface area (Å²) in [5.41, 5.74) is 1.95. The van der Waals surface area contributed by atoms with E-state index in [1.54, 1.807) is 0 Å². The zero-order chi connectivity index (χ0) is 15.5. The fourth-order valence-electron chi connectivity index (χ4n) is 1.85. The molecule has 0 aliphatic carbocycles. The number of benzene rings is 2. The van der Waals surface area contributed by atoms with Crippen molar-refractivity contribution in [2.24, 2.45) is 0 Å². The van der Waals surface area contributed by atoms with E-state index >= 15 is 0 Å². The molecule has 2 rings (SSSR count). The summed E-state index contributed by atoms with van der Waals surface area (Å²) >= 11 is 8.92. The van der Waals surface area contributed by atoms with Crippen LogP contribution in [0.1, 0.15) is 16.7 Å². The van der Waals surface area contributed by atoms with Gasteiger partial charge in [-0.25, -0.2) is 0 Å². The lowest BCUT2D eigenvalue weighted by Crippen LogP contribution is -2.06. The van der Waals surface area contributed by atoms with Crippen molar-refractivity contribution >= 4 is 33.2 Å². The molecule has 0 aromatic heterocycles. The van der Waals surface area contributed by atoms with Crippen LogP contribution in [0.25, 0.3) is 0 Å². The van der Waals surface area contributed by atoms with Crippen molar-refractivity contribution in [3.05, 3.63) is 63.6 Å². The van der Waals surface area contributed by atoms with Crippen molar-refractivity contribution < 1.29 is 13.2 Å². The van der Waals surface area contributed by atoms with Crippen molar-refractivity contribution in [3.8, 4) is 0 Å². The summed E-state index contributed by atoms with van der Waals surface area (Å²) in [6.45, 7) is 0.509. The molecule has 1 nitrogen and oxygen atoms in total. The molecule has 0 fully saturated rings. The summed E-state index contributed by atoms with van der Waals surface area (Å²) in [6.07, 6.45) is -4.34. The Labute approximate surface area is 134 Å². The maximum absolute atomic E-state index is 12.6. The molecule has 1 N–H and O–H groups in total. The lowest BCUT2D eigenvalue weighted by atomic mass is 10.1. The molecule has 21 heavy (non-hydrogen) atoms. The molecule has 0 aliphatic heterocycles. The van der Waals surface area contributed by atoms with Gasteiger partial charge < -0.3 is 5.32 Å². The van der Waals surface area contributed by atoms with Crippen LogP contribution in [0.4, 0.5) is 18.9 Å². The zero-order valence-corrected chi connectivity index (χ0v) is 13.2. The second-order valence-electron chi connectivity index (χ2n) is 4.50. The molecule has 0 saturated heterocycles. The number of hydrogen-bond acceptors (Lipinski definition) is 1. The quantitative estimate of drug-likeness (QED) is 0.661. The summed E-state index contributed by atoms with van der Waals surface area (Å²) < 4.78 is 38.1. The molecular formula is C15H12BrClF3N. The number of alkyl halides is 4. The van der Waals surface area contributed by atoms with Crippen LogP contribution >= 0.6 is 27.5 Å². The maximum atomic E-state index is 12.6. The van der Waals surface area contributed by atoms with Gasteiger partial charge in [0.15, 0.2) is 0 Å². The largest absolute Gasteiger partial charge is 0.416 e. The van der Waals surface area contributed by atoms with Crippen LogP contribution in [0.2, 0.25) is 0 Å². The average Bonchev–Trinajstić information content (AvgIpc) is 2.45. The number of halogens is 5. The Hall–Kier alpha value is -1.20. The van der Waals surface area contributed by atoms with E-state index < -0.39 is 11.7 Å². The monoisotopic (exact) mass is 377 g/mol. The summed E-state index contributed by atoms with van der Waals surface area (Å²) in [6, 6.07) is 11.2. The Morgan fingerprint density at radius 3 is 2.38 bits per heavy atom. The third-order valence-corrected chi connectivity index (χ3v) is 3.89. The molecule has 0 atom stereocenters. The zero-order valence-electron chi connectivity index (χ0n) is 10.8. The molecular weight excluding hydrogens is 367 g/mol. The molecule has 0 aliphatic rings. The van der Waals surface area contributed by atoms with E-state index in [0.717, 1.165) is 23.3 Å². The van der Waals surface area contributed by atoms with E-state index in [0.29, 0.717) is 22.6 Å². The van der Waals surface area contributed by atoms with Gasteiger partial charge in [-0.2, -0.15) is 13.2 Å². The third-order valence-electron chi connectivity index (χ3n) is 2.93. The van der Waals surface area contributed by atoms with E-state index in [1.807, 2.05) is 24.3 Å². The second kappa shape index (κ2) is 6.71. The van der Waals surface area contributed by atoms with Gasteiger partial charge in [0.1, 0.15) is 0 Å². The Bertz CT molecular complexity index is 629. The highest BCUT2D eigenvalue weighted by Gasteiger charge is 2.30. The van der Waals surface area contributed by atoms with Gasteiger partial charge in [-0.05, 0) is 45.3 Å². The van der Waals surface area contributed by atoms with Gasteiger partial charge in [-0.1, -0.05) is 24.3 Å². The number of nitrogens with one attached hydrogen (secondary N) is 1. The van der Waals surface area contributed by atoms with Gasteiger partial charge >= 0.3 is 6.18 Å². The first-order valence-corrected chi connectivity index (χ1v) is 7.47. The van der Waals surface area contributed by atoms with Crippen LogP contribution in [-0.4, -0.2) is 0 Å². The fourth-order valence-corrected chi connectivity index (χ4v) is 2.54. The van der Waals surface area contributed by atoms with E-state index in [2.05, 4.69) is 21.2 Å². The van der Waals surface area contributed by atoms with Gasteiger partial charge in [-0.3, -0.25) is 0 Å². The third kappa shape index (κ3) is 4.38. The Balaban J connectivity index is 2.10. The Morgan fingerprint density at radius 2 is 1.76 bits per heavy atom. The van der Waals surface area contributed by atoms with Gasteiger partial charge in [0.25, 0.3) is 0 Å². The SMILES string of the molecule is FC(F)(F)c1ccc(NCc2cccc(CCl)c2)c(Br)c1. The van der Waals surface area contributed by atoms with E-state index in [4.69, 9.17) is 11.6 Å². The minimum absolute atomic E-state index is 0.380. The molecule has 0 radical (unpaired) electrons. The lowest BCUT2D eigenvalue weighted by molar-refractivity contribution is -0.137. The first kappa shape index (κ1) is 16.2. The first-order valence-electron chi connectivity index (χ1n) is 6.14. The summed E-state index contributed by atoms with van der Waals surface area (Å²) in [5.74, 6) is 0.428. The highest BCUT2D eigenvalue weighted by Crippen LogP contribution is 2.34. The van der Waals surface area contributed by atoms with Crippen LogP contribution < -0.4 is 5.32 Å². The second-order valence-corrected chi connectivity index (χ2v) is 5.62. The van der Waals surface area contributed by atoms with Gasteiger partial charge in [0.05, 0.1) is 5.56 Å². The molecule has 6 heteroatoms. The molecule has 0 bridgehead atoms.